The Hall–Kier alpha value is -2.83. The monoisotopic (exact) mass is 1050 g/mol. The average Bonchev–Trinajstić information content (AvgIpc) is 3.40. The first-order valence-corrected chi connectivity index (χ1v) is 28.8. The summed E-state index contributed by atoms with van der Waals surface area (Å²) in [6, 6.07) is -0.918. The lowest BCUT2D eigenvalue weighted by Crippen LogP contribution is -2.65. The fraction of sp³-hybridized carbons (Fsp3) is 0.750. The molecule has 0 aromatic heterocycles. The molecular weight excluding hydrogens is 943 g/mol. The number of hydrogen-bond acceptors (Lipinski definition) is 13. The highest BCUT2D eigenvalue weighted by atomic mass is 16.7. The lowest BCUT2D eigenvalue weighted by molar-refractivity contribution is -0.359. The third kappa shape index (κ3) is 30.8. The van der Waals surface area contributed by atoms with Crippen LogP contribution >= 0.6 is 0 Å². The molecule has 14 nitrogen and oxygen atoms in total. The zero-order valence-electron chi connectivity index (χ0n) is 45.6. The molecule has 2 aliphatic rings. The first-order valence-electron chi connectivity index (χ1n) is 28.8. The van der Waals surface area contributed by atoms with Crippen molar-refractivity contribution < 1.29 is 64.6 Å². The number of unbranched alkanes of at least 4 members (excludes halogenated alkanes) is 19. The van der Waals surface area contributed by atoms with Gasteiger partial charge in [0.15, 0.2) is 12.6 Å². The molecule has 426 valence electrons. The molecule has 2 heterocycles. The molecule has 0 aliphatic carbocycles. The standard InChI is InChI=1S/C60H103NO13/c1-3-5-7-9-11-13-14-15-16-17-18-19-20-21-22-23-24-25-26-27-28-29-30-31-32-33-34-36-38-40-42-44-52(65)61-48(49(64)43-41-39-37-35-12-10-8-6-4-2)47-71-59-57(70)55(68)58(51(46-63)73-59)74-60-56(69)54(67)53(66)50(45-62)72-60/h5,7,11,13,15-16,18-19,21-22,24-25,41,43,48-51,53-60,62-64,66-70H,3-4,6,8-10,12,14,17,20,23,26-40,42,44-47H2,1-2H3,(H,61,65)/b7-5-,13-11-,16-15-,19-18-,22-21-,25-24-,43-41+. The van der Waals surface area contributed by atoms with Gasteiger partial charge >= 0.3 is 0 Å². The predicted octanol–water partition coefficient (Wildman–Crippen LogP) is 9.33. The molecule has 14 heteroatoms. The van der Waals surface area contributed by atoms with E-state index in [9.17, 15) is 45.6 Å². The van der Waals surface area contributed by atoms with Gasteiger partial charge in [-0.1, -0.05) is 202 Å². The second-order valence-electron chi connectivity index (χ2n) is 20.0. The van der Waals surface area contributed by atoms with E-state index in [1.807, 2.05) is 6.08 Å². The van der Waals surface area contributed by atoms with Crippen LogP contribution in [0.1, 0.15) is 194 Å². The van der Waals surface area contributed by atoms with Crippen molar-refractivity contribution in [3.63, 3.8) is 0 Å². The summed E-state index contributed by atoms with van der Waals surface area (Å²) in [5, 5.41) is 86.7. The summed E-state index contributed by atoms with van der Waals surface area (Å²) in [7, 11) is 0. The Kier molecular flexibility index (Phi) is 41.1. The molecule has 0 spiro atoms. The van der Waals surface area contributed by atoms with Crippen LogP contribution in [-0.2, 0) is 23.7 Å². The molecule has 12 atom stereocenters. The Morgan fingerprint density at radius 2 is 0.932 bits per heavy atom. The molecule has 2 saturated heterocycles. The third-order valence-electron chi connectivity index (χ3n) is 13.6. The number of allylic oxidation sites excluding steroid dienone is 13. The molecule has 0 radical (unpaired) electrons. The number of rotatable bonds is 44. The Bertz CT molecular complexity index is 1560. The Morgan fingerprint density at radius 3 is 1.43 bits per heavy atom. The molecule has 0 aromatic carbocycles. The number of aliphatic hydroxyl groups is 8. The van der Waals surface area contributed by atoms with Crippen LogP contribution in [0.25, 0.3) is 0 Å². The summed E-state index contributed by atoms with van der Waals surface area (Å²) in [5.41, 5.74) is 0. The van der Waals surface area contributed by atoms with Gasteiger partial charge in [0.25, 0.3) is 0 Å². The van der Waals surface area contributed by atoms with E-state index < -0.39 is 86.8 Å². The second kappa shape index (κ2) is 45.2. The van der Waals surface area contributed by atoms with Crippen LogP contribution in [0.15, 0.2) is 85.1 Å². The van der Waals surface area contributed by atoms with E-state index in [0.717, 1.165) is 89.9 Å². The molecule has 1 amide bonds. The molecule has 74 heavy (non-hydrogen) atoms. The summed E-state index contributed by atoms with van der Waals surface area (Å²) < 4.78 is 22.7. The SMILES string of the molecule is CC/C=C\C/C=C\C/C=C\C/C=C\C/C=C\C/C=C\CCCCCCCCCCCCCCC(=O)NC(COC1OC(CO)C(OC2OC(CO)C(O)C(O)C2O)C(O)C1O)C(O)/C=C/CCCCCCCCC. The summed E-state index contributed by atoms with van der Waals surface area (Å²) in [6.45, 7) is 2.62. The molecule has 0 aromatic rings. The zero-order valence-corrected chi connectivity index (χ0v) is 45.6. The van der Waals surface area contributed by atoms with Crippen molar-refractivity contribution in [1.29, 1.82) is 0 Å². The van der Waals surface area contributed by atoms with Crippen LogP contribution < -0.4 is 5.32 Å². The fourth-order valence-electron chi connectivity index (χ4n) is 8.94. The van der Waals surface area contributed by atoms with Crippen molar-refractivity contribution in [3.8, 4) is 0 Å². The van der Waals surface area contributed by atoms with E-state index in [2.05, 4.69) is 92.1 Å². The lowest BCUT2D eigenvalue weighted by atomic mass is 9.97. The average molecular weight is 1050 g/mol. The van der Waals surface area contributed by atoms with Gasteiger partial charge in [0, 0.05) is 6.42 Å². The van der Waals surface area contributed by atoms with E-state index in [4.69, 9.17) is 18.9 Å². The van der Waals surface area contributed by atoms with E-state index >= 15 is 0 Å². The van der Waals surface area contributed by atoms with Crippen LogP contribution in [0.4, 0.5) is 0 Å². The summed E-state index contributed by atoms with van der Waals surface area (Å²) in [6.07, 6.45) is 43.6. The minimum atomic E-state index is -1.79. The first-order chi connectivity index (χ1) is 36.1. The summed E-state index contributed by atoms with van der Waals surface area (Å²) in [4.78, 5) is 13.2. The molecular formula is C60H103NO13. The van der Waals surface area contributed by atoms with Crippen LogP contribution in [0.2, 0.25) is 0 Å². The third-order valence-corrected chi connectivity index (χ3v) is 13.6. The normalized spacial score (nSPS) is 25.9. The minimum Gasteiger partial charge on any atom is -0.394 e. The summed E-state index contributed by atoms with van der Waals surface area (Å²) >= 11 is 0. The molecule has 9 N–H and O–H groups in total. The first kappa shape index (κ1) is 67.3. The van der Waals surface area contributed by atoms with Crippen molar-refractivity contribution in [2.24, 2.45) is 0 Å². The van der Waals surface area contributed by atoms with Crippen LogP contribution in [0.5, 0.6) is 0 Å². The van der Waals surface area contributed by atoms with E-state index in [-0.39, 0.29) is 18.9 Å². The quantitative estimate of drug-likeness (QED) is 0.0205. The van der Waals surface area contributed by atoms with Gasteiger partial charge < -0.3 is 65.1 Å². The highest BCUT2D eigenvalue weighted by molar-refractivity contribution is 5.76. The minimum absolute atomic E-state index is 0.248. The van der Waals surface area contributed by atoms with Crippen molar-refractivity contribution in [1.82, 2.24) is 5.32 Å². The maximum absolute atomic E-state index is 13.2. The van der Waals surface area contributed by atoms with E-state index in [1.165, 1.54) is 77.0 Å². The van der Waals surface area contributed by atoms with Crippen LogP contribution in [0, 0.1) is 0 Å². The van der Waals surface area contributed by atoms with Crippen molar-refractivity contribution >= 4 is 5.91 Å². The smallest absolute Gasteiger partial charge is 0.220 e. The number of amides is 1. The van der Waals surface area contributed by atoms with Gasteiger partial charge in [-0.25, -0.2) is 0 Å². The summed E-state index contributed by atoms with van der Waals surface area (Å²) in [5.74, 6) is -0.248. The number of carbonyl (C=O) groups excluding carboxylic acids is 1. The van der Waals surface area contributed by atoms with Gasteiger partial charge in [-0.15, -0.1) is 0 Å². The topological polar surface area (TPSA) is 228 Å². The van der Waals surface area contributed by atoms with Crippen molar-refractivity contribution in [3.05, 3.63) is 85.1 Å². The van der Waals surface area contributed by atoms with Gasteiger partial charge in [-0.3, -0.25) is 4.79 Å². The maximum atomic E-state index is 13.2. The Morgan fingerprint density at radius 1 is 0.500 bits per heavy atom. The van der Waals surface area contributed by atoms with Gasteiger partial charge in [0.2, 0.25) is 5.91 Å². The number of ether oxygens (including phenoxy) is 4. The van der Waals surface area contributed by atoms with Crippen molar-refractivity contribution in [2.75, 3.05) is 19.8 Å². The highest BCUT2D eigenvalue weighted by Crippen LogP contribution is 2.30. The predicted molar refractivity (Wildman–Crippen MR) is 295 cm³/mol. The maximum Gasteiger partial charge on any atom is 0.220 e. The van der Waals surface area contributed by atoms with Gasteiger partial charge in [-0.05, 0) is 70.6 Å². The lowest BCUT2D eigenvalue weighted by Gasteiger charge is -2.46. The zero-order chi connectivity index (χ0) is 53.9. The Labute approximate surface area is 446 Å². The molecule has 2 fully saturated rings. The number of nitrogens with one attached hydrogen (secondary N) is 1. The molecule has 12 unspecified atom stereocenters. The van der Waals surface area contributed by atoms with Crippen molar-refractivity contribution in [2.45, 2.75) is 267 Å². The van der Waals surface area contributed by atoms with Gasteiger partial charge in [0.1, 0.15) is 48.8 Å². The van der Waals surface area contributed by atoms with Gasteiger partial charge in [0.05, 0.1) is 32.0 Å². The number of aliphatic hydroxyl groups excluding tert-OH is 8. The molecule has 0 saturated carbocycles. The van der Waals surface area contributed by atoms with E-state index in [1.54, 1.807) is 6.08 Å². The van der Waals surface area contributed by atoms with E-state index in [0.29, 0.717) is 6.42 Å². The van der Waals surface area contributed by atoms with Crippen LogP contribution in [0.3, 0.4) is 0 Å². The molecule has 2 rings (SSSR count). The van der Waals surface area contributed by atoms with Gasteiger partial charge in [-0.2, -0.15) is 0 Å². The molecule has 2 aliphatic heterocycles. The highest BCUT2D eigenvalue weighted by Gasteiger charge is 2.51. The Balaban J connectivity index is 1.65. The number of hydrogen-bond donors (Lipinski definition) is 9. The molecule has 0 bridgehead atoms. The largest absolute Gasteiger partial charge is 0.394 e. The second-order valence-corrected chi connectivity index (χ2v) is 20.0. The van der Waals surface area contributed by atoms with Crippen LogP contribution in [-0.4, -0.2) is 140 Å². The number of carbonyl (C=O) groups is 1. The fourth-order valence-corrected chi connectivity index (χ4v) is 8.94.